The number of hydrogen-bond donors (Lipinski definition) is 2. The first-order valence-corrected chi connectivity index (χ1v) is 8.99. The van der Waals surface area contributed by atoms with Gasteiger partial charge < -0.3 is 15.3 Å². The van der Waals surface area contributed by atoms with Crippen LogP contribution in [0.25, 0.3) is 0 Å². The topological polar surface area (TPSA) is 89.9 Å². The van der Waals surface area contributed by atoms with Crippen molar-refractivity contribution in [2.45, 2.75) is 17.9 Å². The molecule has 1 fully saturated rings. The Hall–Kier alpha value is -1.48. The Morgan fingerprint density at radius 2 is 1.78 bits per heavy atom. The van der Waals surface area contributed by atoms with Crippen LogP contribution in [0.5, 0.6) is 0 Å². The molecule has 1 unspecified atom stereocenters. The molecule has 1 saturated heterocycles. The van der Waals surface area contributed by atoms with Gasteiger partial charge in [0.05, 0.1) is 11.5 Å². The first kappa shape index (κ1) is 17.9. The first-order valence-electron chi connectivity index (χ1n) is 7.55. The molecule has 1 aliphatic heterocycles. The normalized spacial score (nSPS) is 18.6. The first-order chi connectivity index (χ1) is 10.8. The largest absolute Gasteiger partial charge is 0.394 e. The molecule has 1 amide bonds. The zero-order valence-electron chi connectivity index (χ0n) is 13.4. The van der Waals surface area contributed by atoms with Crippen molar-refractivity contribution in [1.82, 2.24) is 14.5 Å². The van der Waals surface area contributed by atoms with Crippen LogP contribution in [0.2, 0.25) is 0 Å². The van der Waals surface area contributed by atoms with Gasteiger partial charge in [0.2, 0.25) is 10.0 Å². The molecule has 0 radical (unpaired) electrons. The number of aliphatic hydroxyl groups excluding tert-OH is 1. The van der Waals surface area contributed by atoms with E-state index in [2.05, 4.69) is 10.2 Å². The summed E-state index contributed by atoms with van der Waals surface area (Å²) in [7, 11) is -1.56. The van der Waals surface area contributed by atoms with Gasteiger partial charge in [-0.1, -0.05) is 0 Å². The van der Waals surface area contributed by atoms with E-state index in [4.69, 9.17) is 5.11 Å². The van der Waals surface area contributed by atoms with E-state index in [0.717, 1.165) is 0 Å². The van der Waals surface area contributed by atoms with Crippen molar-refractivity contribution in [3.8, 4) is 0 Å². The van der Waals surface area contributed by atoms with Crippen molar-refractivity contribution in [2.24, 2.45) is 0 Å². The maximum atomic E-state index is 12.6. The Balaban J connectivity index is 2.11. The molecule has 0 aromatic heterocycles. The molecule has 8 heteroatoms. The molecule has 0 bridgehead atoms. The fourth-order valence-corrected chi connectivity index (χ4v) is 3.73. The lowest BCUT2D eigenvalue weighted by atomic mass is 10.2. The molecule has 1 atom stereocenters. The average Bonchev–Trinajstić information content (AvgIpc) is 2.55. The maximum absolute atomic E-state index is 12.6. The van der Waals surface area contributed by atoms with E-state index >= 15 is 0 Å². The smallest absolute Gasteiger partial charge is 0.251 e. The Morgan fingerprint density at radius 1 is 1.22 bits per heavy atom. The van der Waals surface area contributed by atoms with Gasteiger partial charge in [0.15, 0.2) is 0 Å². The SMILES string of the molecule is CC(CO)NC(=O)c1ccc(S(=O)(=O)N2CCN(C)CC2)cc1. The molecule has 1 aliphatic rings. The highest BCUT2D eigenvalue weighted by molar-refractivity contribution is 7.89. The van der Waals surface area contributed by atoms with E-state index in [-0.39, 0.29) is 23.5 Å². The number of nitrogens with one attached hydrogen (secondary N) is 1. The summed E-state index contributed by atoms with van der Waals surface area (Å²) in [6.07, 6.45) is 0. The molecule has 2 rings (SSSR count). The second-order valence-corrected chi connectivity index (χ2v) is 7.73. The van der Waals surface area contributed by atoms with Gasteiger partial charge >= 0.3 is 0 Å². The van der Waals surface area contributed by atoms with Crippen LogP contribution in [0.4, 0.5) is 0 Å². The predicted molar refractivity (Wildman–Crippen MR) is 86.7 cm³/mol. The minimum absolute atomic E-state index is 0.151. The predicted octanol–water partition coefficient (Wildman–Crippen LogP) is -0.267. The molecule has 0 spiro atoms. The summed E-state index contributed by atoms with van der Waals surface area (Å²) in [6.45, 7) is 3.88. The second-order valence-electron chi connectivity index (χ2n) is 5.79. The number of piperazine rings is 1. The number of amides is 1. The van der Waals surface area contributed by atoms with Gasteiger partial charge in [0.25, 0.3) is 5.91 Å². The van der Waals surface area contributed by atoms with Crippen molar-refractivity contribution >= 4 is 15.9 Å². The van der Waals surface area contributed by atoms with E-state index in [1.165, 1.54) is 28.6 Å². The Morgan fingerprint density at radius 3 is 2.30 bits per heavy atom. The van der Waals surface area contributed by atoms with E-state index < -0.39 is 10.0 Å². The molecule has 0 aliphatic carbocycles. The molecule has 1 heterocycles. The molecular weight excluding hydrogens is 318 g/mol. The van der Waals surface area contributed by atoms with E-state index in [0.29, 0.717) is 31.7 Å². The van der Waals surface area contributed by atoms with Crippen molar-refractivity contribution in [1.29, 1.82) is 0 Å². The summed E-state index contributed by atoms with van der Waals surface area (Å²) in [6, 6.07) is 5.53. The number of likely N-dealkylation sites (N-methyl/N-ethyl adjacent to an activating group) is 1. The zero-order valence-corrected chi connectivity index (χ0v) is 14.2. The molecule has 23 heavy (non-hydrogen) atoms. The summed E-state index contributed by atoms with van der Waals surface area (Å²) in [4.78, 5) is 14.2. The van der Waals surface area contributed by atoms with Gasteiger partial charge in [-0.25, -0.2) is 8.42 Å². The van der Waals surface area contributed by atoms with Crippen molar-refractivity contribution < 1.29 is 18.3 Å². The lowest BCUT2D eigenvalue weighted by molar-refractivity contribution is 0.0922. The van der Waals surface area contributed by atoms with Crippen LogP contribution in [-0.2, 0) is 10.0 Å². The number of carbonyl (C=O) groups is 1. The average molecular weight is 341 g/mol. The number of carbonyl (C=O) groups excluding carboxylic acids is 1. The summed E-state index contributed by atoms with van der Waals surface area (Å²) in [5.74, 6) is -0.338. The lowest BCUT2D eigenvalue weighted by Crippen LogP contribution is -2.47. The molecule has 0 saturated carbocycles. The van der Waals surface area contributed by atoms with Crippen LogP contribution in [0, 0.1) is 0 Å². The van der Waals surface area contributed by atoms with Crippen LogP contribution in [0.1, 0.15) is 17.3 Å². The van der Waals surface area contributed by atoms with Gasteiger partial charge in [-0.3, -0.25) is 4.79 Å². The molecule has 128 valence electrons. The second kappa shape index (κ2) is 7.39. The standard InChI is InChI=1S/C15H23N3O4S/c1-12(11-19)16-15(20)13-3-5-14(6-4-13)23(21,22)18-9-7-17(2)8-10-18/h3-6,12,19H,7-11H2,1-2H3,(H,16,20). The molecule has 7 nitrogen and oxygen atoms in total. The molecule has 1 aromatic rings. The number of aliphatic hydroxyl groups is 1. The number of nitrogens with zero attached hydrogens (tertiary/aromatic N) is 2. The fraction of sp³-hybridized carbons (Fsp3) is 0.533. The number of hydrogen-bond acceptors (Lipinski definition) is 5. The summed E-state index contributed by atoms with van der Waals surface area (Å²) in [5, 5.41) is 11.6. The third-order valence-electron chi connectivity index (χ3n) is 3.87. The molecule has 2 N–H and O–H groups in total. The van der Waals surface area contributed by atoms with Crippen LogP contribution < -0.4 is 5.32 Å². The van der Waals surface area contributed by atoms with Gasteiger partial charge in [-0.15, -0.1) is 0 Å². The highest BCUT2D eigenvalue weighted by Crippen LogP contribution is 2.18. The van der Waals surface area contributed by atoms with Crippen LogP contribution in [0.15, 0.2) is 29.2 Å². The van der Waals surface area contributed by atoms with E-state index in [9.17, 15) is 13.2 Å². The van der Waals surface area contributed by atoms with Crippen LogP contribution in [0.3, 0.4) is 0 Å². The number of benzene rings is 1. The van der Waals surface area contributed by atoms with E-state index in [1.54, 1.807) is 6.92 Å². The monoisotopic (exact) mass is 341 g/mol. The minimum Gasteiger partial charge on any atom is -0.394 e. The van der Waals surface area contributed by atoms with Gasteiger partial charge in [-0.2, -0.15) is 4.31 Å². The summed E-state index contributed by atoms with van der Waals surface area (Å²) < 4.78 is 26.6. The van der Waals surface area contributed by atoms with E-state index in [1.807, 2.05) is 7.05 Å². The fourth-order valence-electron chi connectivity index (χ4n) is 2.31. The molecular formula is C15H23N3O4S. The lowest BCUT2D eigenvalue weighted by Gasteiger charge is -2.31. The third kappa shape index (κ3) is 4.29. The van der Waals surface area contributed by atoms with Crippen LogP contribution in [-0.4, -0.2) is 74.5 Å². The zero-order chi connectivity index (χ0) is 17.0. The van der Waals surface area contributed by atoms with Crippen molar-refractivity contribution in [3.63, 3.8) is 0 Å². The number of sulfonamides is 1. The van der Waals surface area contributed by atoms with Crippen LogP contribution >= 0.6 is 0 Å². The Labute approximate surface area is 136 Å². The third-order valence-corrected chi connectivity index (χ3v) is 5.78. The summed E-state index contributed by atoms with van der Waals surface area (Å²) >= 11 is 0. The number of rotatable bonds is 5. The van der Waals surface area contributed by atoms with Gasteiger partial charge in [0, 0.05) is 37.8 Å². The summed E-state index contributed by atoms with van der Waals surface area (Å²) in [5.41, 5.74) is 0.364. The Kier molecular flexibility index (Phi) is 5.74. The molecule has 1 aromatic carbocycles. The van der Waals surface area contributed by atoms with Crippen molar-refractivity contribution in [2.75, 3.05) is 39.8 Å². The quantitative estimate of drug-likeness (QED) is 0.770. The Bertz CT molecular complexity index is 637. The minimum atomic E-state index is -3.52. The van der Waals surface area contributed by atoms with Gasteiger partial charge in [0.1, 0.15) is 0 Å². The van der Waals surface area contributed by atoms with Gasteiger partial charge in [-0.05, 0) is 38.2 Å². The highest BCUT2D eigenvalue weighted by Gasteiger charge is 2.27. The highest BCUT2D eigenvalue weighted by atomic mass is 32.2. The maximum Gasteiger partial charge on any atom is 0.251 e. The van der Waals surface area contributed by atoms with Crippen molar-refractivity contribution in [3.05, 3.63) is 29.8 Å².